The molecule has 0 radical (unpaired) electrons. The van der Waals surface area contributed by atoms with Gasteiger partial charge in [0.15, 0.2) is 0 Å². The fourth-order valence-electron chi connectivity index (χ4n) is 1.92. The van der Waals surface area contributed by atoms with Gasteiger partial charge in [0, 0.05) is 25.2 Å². The van der Waals surface area contributed by atoms with Crippen molar-refractivity contribution in [1.29, 1.82) is 0 Å². The molecule has 0 aliphatic carbocycles. The summed E-state index contributed by atoms with van der Waals surface area (Å²) < 4.78 is 0. The van der Waals surface area contributed by atoms with E-state index in [0.29, 0.717) is 18.1 Å². The second-order valence-electron chi connectivity index (χ2n) is 5.57. The maximum absolute atomic E-state index is 10.6. The molecule has 0 unspecified atom stereocenters. The van der Waals surface area contributed by atoms with E-state index in [9.17, 15) is 10.1 Å². The highest BCUT2D eigenvalue weighted by Gasteiger charge is 2.19. The molecule has 0 amide bonds. The first kappa shape index (κ1) is 19.1. The minimum absolute atomic E-state index is 0. The zero-order valence-corrected chi connectivity index (χ0v) is 13.5. The predicted molar refractivity (Wildman–Crippen MR) is 84.5 cm³/mol. The maximum Gasteiger partial charge on any atom is 0.270 e. The Morgan fingerprint density at radius 1 is 1.45 bits per heavy atom. The van der Waals surface area contributed by atoms with Gasteiger partial charge >= 0.3 is 0 Å². The van der Waals surface area contributed by atoms with E-state index in [-0.39, 0.29) is 23.5 Å². The maximum atomic E-state index is 10.6. The molecule has 114 valence electrons. The summed E-state index contributed by atoms with van der Waals surface area (Å²) in [5, 5.41) is 11.1. The Morgan fingerprint density at radius 3 is 2.50 bits per heavy atom. The van der Waals surface area contributed by atoms with Crippen molar-refractivity contribution >= 4 is 29.7 Å². The average molecular weight is 322 g/mol. The number of non-ortho nitro benzene ring substituents is 1. The van der Waals surface area contributed by atoms with Crippen molar-refractivity contribution in [2.24, 2.45) is 11.1 Å². The Labute approximate surface area is 130 Å². The second kappa shape index (κ2) is 7.78. The Hall–Kier alpha value is -0.880. The van der Waals surface area contributed by atoms with Crippen LogP contribution in [-0.4, -0.2) is 30.0 Å². The van der Waals surface area contributed by atoms with Gasteiger partial charge in [0.05, 0.1) is 9.95 Å². The van der Waals surface area contributed by atoms with Gasteiger partial charge in [-0.05, 0) is 30.6 Å². The van der Waals surface area contributed by atoms with Gasteiger partial charge in [-0.15, -0.1) is 12.4 Å². The Balaban J connectivity index is 0.00000361. The molecule has 0 fully saturated rings. The van der Waals surface area contributed by atoms with Gasteiger partial charge in [0.1, 0.15) is 0 Å². The quantitative estimate of drug-likeness (QED) is 0.645. The summed E-state index contributed by atoms with van der Waals surface area (Å²) in [6, 6.07) is 4.56. The molecule has 1 aromatic carbocycles. The zero-order chi connectivity index (χ0) is 14.6. The molecule has 5 nitrogen and oxygen atoms in total. The molecule has 1 aromatic rings. The van der Waals surface area contributed by atoms with Crippen LogP contribution < -0.4 is 5.73 Å². The minimum atomic E-state index is -0.448. The number of nitrogens with two attached hydrogens (primary N) is 1. The molecular weight excluding hydrogens is 301 g/mol. The summed E-state index contributed by atoms with van der Waals surface area (Å²) >= 11 is 6.07. The monoisotopic (exact) mass is 321 g/mol. The molecule has 2 N–H and O–H groups in total. The normalized spacial score (nSPS) is 11.3. The van der Waals surface area contributed by atoms with Crippen molar-refractivity contribution in [3.63, 3.8) is 0 Å². The Morgan fingerprint density at radius 2 is 2.05 bits per heavy atom. The van der Waals surface area contributed by atoms with Gasteiger partial charge in [-0.2, -0.15) is 0 Å². The van der Waals surface area contributed by atoms with Crippen LogP contribution in [0.3, 0.4) is 0 Å². The summed E-state index contributed by atoms with van der Waals surface area (Å²) in [5.74, 6) is 0. The van der Waals surface area contributed by atoms with Crippen molar-refractivity contribution in [2.45, 2.75) is 20.4 Å². The van der Waals surface area contributed by atoms with E-state index >= 15 is 0 Å². The van der Waals surface area contributed by atoms with Gasteiger partial charge in [-0.25, -0.2) is 0 Å². The summed E-state index contributed by atoms with van der Waals surface area (Å²) in [7, 11) is 1.98. The Bertz CT molecular complexity index is 467. The van der Waals surface area contributed by atoms with Crippen LogP contribution in [0.15, 0.2) is 18.2 Å². The fraction of sp³-hybridized carbons (Fsp3) is 0.538. The molecule has 0 aliphatic heterocycles. The van der Waals surface area contributed by atoms with Crippen LogP contribution in [0.1, 0.15) is 19.4 Å². The average Bonchev–Trinajstić information content (AvgIpc) is 2.30. The zero-order valence-electron chi connectivity index (χ0n) is 11.9. The van der Waals surface area contributed by atoms with Crippen LogP contribution in [0.5, 0.6) is 0 Å². The summed E-state index contributed by atoms with van der Waals surface area (Å²) in [6.07, 6.45) is 0. The highest BCUT2D eigenvalue weighted by Crippen LogP contribution is 2.24. The molecular formula is C13H21Cl2N3O2. The van der Waals surface area contributed by atoms with Crippen molar-refractivity contribution < 1.29 is 4.92 Å². The molecule has 0 bridgehead atoms. The number of nitro benzene ring substituents is 1. The number of rotatable bonds is 6. The van der Waals surface area contributed by atoms with Crippen LogP contribution in [0.25, 0.3) is 0 Å². The van der Waals surface area contributed by atoms with Crippen LogP contribution >= 0.6 is 24.0 Å². The van der Waals surface area contributed by atoms with Crippen molar-refractivity contribution in [1.82, 2.24) is 4.90 Å². The first-order valence-corrected chi connectivity index (χ1v) is 6.44. The summed E-state index contributed by atoms with van der Waals surface area (Å²) in [5.41, 5.74) is 6.62. The van der Waals surface area contributed by atoms with E-state index in [4.69, 9.17) is 17.3 Å². The standard InChI is InChI=1S/C13H20ClN3O2.ClH/c1-13(2,8-15)9-16(3)7-10-4-5-11(17(18)19)6-12(10)14;/h4-6H,7-9,15H2,1-3H3;1H. The van der Waals surface area contributed by atoms with Crippen LogP contribution in [-0.2, 0) is 6.54 Å². The lowest BCUT2D eigenvalue weighted by atomic mass is 9.93. The lowest BCUT2D eigenvalue weighted by Crippen LogP contribution is -2.36. The largest absolute Gasteiger partial charge is 0.330 e. The smallest absolute Gasteiger partial charge is 0.270 e. The molecule has 0 spiro atoms. The molecule has 20 heavy (non-hydrogen) atoms. The van der Waals surface area contributed by atoms with Gasteiger partial charge in [-0.3, -0.25) is 10.1 Å². The lowest BCUT2D eigenvalue weighted by molar-refractivity contribution is -0.384. The van der Waals surface area contributed by atoms with E-state index in [1.54, 1.807) is 6.07 Å². The fourth-order valence-corrected chi connectivity index (χ4v) is 2.15. The number of hydrogen-bond donors (Lipinski definition) is 1. The number of halogens is 2. The van der Waals surface area contributed by atoms with Gasteiger partial charge in [-0.1, -0.05) is 25.4 Å². The highest BCUT2D eigenvalue weighted by atomic mass is 35.5. The van der Waals surface area contributed by atoms with Crippen LogP contribution in [0, 0.1) is 15.5 Å². The van der Waals surface area contributed by atoms with E-state index in [2.05, 4.69) is 18.7 Å². The molecule has 0 aromatic heterocycles. The third kappa shape index (κ3) is 5.63. The van der Waals surface area contributed by atoms with Crippen molar-refractivity contribution in [3.05, 3.63) is 38.9 Å². The minimum Gasteiger partial charge on any atom is -0.330 e. The first-order valence-electron chi connectivity index (χ1n) is 6.06. The van der Waals surface area contributed by atoms with E-state index in [1.165, 1.54) is 12.1 Å². The number of nitrogens with zero attached hydrogens (tertiary/aromatic N) is 2. The molecule has 0 heterocycles. The lowest BCUT2D eigenvalue weighted by Gasteiger charge is -2.29. The highest BCUT2D eigenvalue weighted by molar-refractivity contribution is 6.31. The topological polar surface area (TPSA) is 72.4 Å². The molecule has 1 rings (SSSR count). The molecule has 0 atom stereocenters. The van der Waals surface area contributed by atoms with E-state index in [0.717, 1.165) is 12.1 Å². The molecule has 0 saturated heterocycles. The third-order valence-corrected chi connectivity index (χ3v) is 3.29. The summed E-state index contributed by atoms with van der Waals surface area (Å²) in [6.45, 7) is 6.27. The number of nitro groups is 1. The SMILES string of the molecule is CN(Cc1ccc([N+](=O)[O-])cc1Cl)CC(C)(C)CN.Cl. The number of hydrogen-bond acceptors (Lipinski definition) is 4. The van der Waals surface area contributed by atoms with Gasteiger partial charge in [0.25, 0.3) is 5.69 Å². The first-order chi connectivity index (χ1) is 8.75. The van der Waals surface area contributed by atoms with E-state index < -0.39 is 4.92 Å². The molecule has 0 aliphatic rings. The molecule has 0 saturated carbocycles. The van der Waals surface area contributed by atoms with Crippen LogP contribution in [0.2, 0.25) is 5.02 Å². The van der Waals surface area contributed by atoms with E-state index in [1.807, 2.05) is 7.05 Å². The number of benzene rings is 1. The van der Waals surface area contributed by atoms with Gasteiger partial charge in [0.2, 0.25) is 0 Å². The Kier molecular flexibility index (Phi) is 7.44. The third-order valence-electron chi connectivity index (χ3n) is 2.94. The predicted octanol–water partition coefficient (Wildman–Crippen LogP) is 3.09. The second-order valence-corrected chi connectivity index (χ2v) is 5.98. The van der Waals surface area contributed by atoms with Gasteiger partial charge < -0.3 is 10.6 Å². The van der Waals surface area contributed by atoms with Crippen molar-refractivity contribution in [2.75, 3.05) is 20.1 Å². The molecule has 7 heteroatoms. The van der Waals surface area contributed by atoms with Crippen LogP contribution in [0.4, 0.5) is 5.69 Å². The van der Waals surface area contributed by atoms with Crippen molar-refractivity contribution in [3.8, 4) is 0 Å². The summed E-state index contributed by atoms with van der Waals surface area (Å²) in [4.78, 5) is 12.3.